The molecule has 0 spiro atoms. The SMILES string of the molecule is CC(C)(C)OC(=O)N1C[C@H](N)C[C@H]1C(=O)[O-]. The van der Waals surface area contributed by atoms with Crippen LogP contribution in [0.4, 0.5) is 4.79 Å². The van der Waals surface area contributed by atoms with E-state index in [0.29, 0.717) is 0 Å². The number of carboxylic acids is 1. The Labute approximate surface area is 94.3 Å². The van der Waals surface area contributed by atoms with Gasteiger partial charge in [-0.1, -0.05) is 0 Å². The first-order valence-corrected chi connectivity index (χ1v) is 5.17. The zero-order valence-electron chi connectivity index (χ0n) is 9.73. The average molecular weight is 229 g/mol. The number of hydrogen-bond acceptors (Lipinski definition) is 5. The summed E-state index contributed by atoms with van der Waals surface area (Å²) in [5.41, 5.74) is 4.96. The van der Waals surface area contributed by atoms with E-state index in [1.165, 1.54) is 0 Å². The molecule has 1 aliphatic rings. The molecule has 2 atom stereocenters. The number of ether oxygens (including phenoxy) is 1. The first-order chi connectivity index (χ1) is 7.20. The van der Waals surface area contributed by atoms with Gasteiger partial charge in [-0.15, -0.1) is 0 Å². The molecule has 6 heteroatoms. The molecule has 1 saturated heterocycles. The molecule has 2 N–H and O–H groups in total. The third-order valence-electron chi connectivity index (χ3n) is 2.23. The molecule has 0 unspecified atom stereocenters. The molecule has 0 aromatic rings. The van der Waals surface area contributed by atoms with Gasteiger partial charge in [-0.25, -0.2) is 4.79 Å². The van der Waals surface area contributed by atoms with Crippen LogP contribution in [-0.4, -0.2) is 41.2 Å². The molecule has 6 nitrogen and oxygen atoms in total. The second-order valence-corrected chi connectivity index (χ2v) is 4.96. The second kappa shape index (κ2) is 4.29. The molecule has 92 valence electrons. The van der Waals surface area contributed by atoms with Gasteiger partial charge >= 0.3 is 6.09 Å². The van der Waals surface area contributed by atoms with E-state index < -0.39 is 23.7 Å². The van der Waals surface area contributed by atoms with Crippen LogP contribution in [0.3, 0.4) is 0 Å². The van der Waals surface area contributed by atoms with Crippen molar-refractivity contribution in [3.8, 4) is 0 Å². The minimum Gasteiger partial charge on any atom is -0.548 e. The first-order valence-electron chi connectivity index (χ1n) is 5.17. The van der Waals surface area contributed by atoms with Crippen molar-refractivity contribution in [1.29, 1.82) is 0 Å². The van der Waals surface area contributed by atoms with Gasteiger partial charge in [0, 0.05) is 12.6 Å². The summed E-state index contributed by atoms with van der Waals surface area (Å²) in [6.45, 7) is 5.34. The Balaban J connectivity index is 2.71. The van der Waals surface area contributed by atoms with Gasteiger partial charge in [-0.2, -0.15) is 0 Å². The maximum absolute atomic E-state index is 11.7. The highest BCUT2D eigenvalue weighted by Crippen LogP contribution is 2.19. The van der Waals surface area contributed by atoms with Crippen molar-refractivity contribution in [2.75, 3.05) is 6.54 Å². The normalized spacial score (nSPS) is 25.6. The Kier molecular flexibility index (Phi) is 3.42. The number of rotatable bonds is 1. The summed E-state index contributed by atoms with van der Waals surface area (Å²) in [5.74, 6) is -1.29. The van der Waals surface area contributed by atoms with Gasteiger partial charge in [0.15, 0.2) is 0 Å². The van der Waals surface area contributed by atoms with Crippen molar-refractivity contribution in [2.24, 2.45) is 5.73 Å². The van der Waals surface area contributed by atoms with E-state index in [1.54, 1.807) is 20.8 Å². The lowest BCUT2D eigenvalue weighted by Gasteiger charge is -2.28. The van der Waals surface area contributed by atoms with Gasteiger partial charge in [0.1, 0.15) is 5.60 Å². The van der Waals surface area contributed by atoms with Crippen molar-refractivity contribution in [3.05, 3.63) is 0 Å². The number of carbonyl (C=O) groups is 2. The molecule has 16 heavy (non-hydrogen) atoms. The molecule has 1 aliphatic heterocycles. The molecule has 0 aliphatic carbocycles. The second-order valence-electron chi connectivity index (χ2n) is 4.96. The van der Waals surface area contributed by atoms with Gasteiger partial charge in [-0.3, -0.25) is 4.90 Å². The third kappa shape index (κ3) is 3.10. The maximum Gasteiger partial charge on any atom is 0.410 e. The fraction of sp³-hybridized carbons (Fsp3) is 0.800. The van der Waals surface area contributed by atoms with Crippen molar-refractivity contribution >= 4 is 12.1 Å². The van der Waals surface area contributed by atoms with E-state index in [1.807, 2.05) is 0 Å². The quantitative estimate of drug-likeness (QED) is 0.627. The van der Waals surface area contributed by atoms with Crippen LogP contribution in [-0.2, 0) is 9.53 Å². The average Bonchev–Trinajstić information content (AvgIpc) is 2.44. The molecule has 0 aromatic heterocycles. The third-order valence-corrected chi connectivity index (χ3v) is 2.23. The Morgan fingerprint density at radius 2 is 2.00 bits per heavy atom. The maximum atomic E-state index is 11.7. The summed E-state index contributed by atoms with van der Waals surface area (Å²) in [6.07, 6.45) is -0.448. The number of aliphatic carboxylic acids is 1. The molecule has 0 bridgehead atoms. The molecule has 0 saturated carbocycles. The summed E-state index contributed by atoms with van der Waals surface area (Å²) in [7, 11) is 0. The van der Waals surface area contributed by atoms with E-state index in [4.69, 9.17) is 10.5 Å². The van der Waals surface area contributed by atoms with Crippen LogP contribution in [0.15, 0.2) is 0 Å². The first kappa shape index (κ1) is 12.8. The number of likely N-dealkylation sites (tertiary alicyclic amines) is 1. The van der Waals surface area contributed by atoms with Crippen molar-refractivity contribution in [3.63, 3.8) is 0 Å². The van der Waals surface area contributed by atoms with E-state index in [0.717, 1.165) is 4.90 Å². The largest absolute Gasteiger partial charge is 0.548 e. The molecule has 1 heterocycles. The van der Waals surface area contributed by atoms with E-state index in [9.17, 15) is 14.7 Å². The zero-order chi connectivity index (χ0) is 12.5. The summed E-state index contributed by atoms with van der Waals surface area (Å²) in [4.78, 5) is 23.6. The zero-order valence-corrected chi connectivity index (χ0v) is 9.73. The number of carboxylic acid groups (broad SMARTS) is 1. The van der Waals surface area contributed by atoms with E-state index in [2.05, 4.69) is 0 Å². The fourth-order valence-corrected chi connectivity index (χ4v) is 1.61. The fourth-order valence-electron chi connectivity index (χ4n) is 1.61. The van der Waals surface area contributed by atoms with Crippen LogP contribution in [0.1, 0.15) is 27.2 Å². The topological polar surface area (TPSA) is 95.7 Å². The number of nitrogens with two attached hydrogens (primary N) is 1. The lowest BCUT2D eigenvalue weighted by Crippen LogP contribution is -2.48. The molecular formula is C10H17N2O4-. The number of carbonyl (C=O) groups excluding carboxylic acids is 2. The van der Waals surface area contributed by atoms with Gasteiger partial charge < -0.3 is 20.4 Å². The van der Waals surface area contributed by atoms with E-state index >= 15 is 0 Å². The molecule has 1 amide bonds. The van der Waals surface area contributed by atoms with Crippen LogP contribution < -0.4 is 10.8 Å². The Hall–Kier alpha value is -1.30. The lowest BCUT2D eigenvalue weighted by molar-refractivity contribution is -0.310. The minimum atomic E-state index is -1.29. The van der Waals surface area contributed by atoms with Crippen LogP contribution >= 0.6 is 0 Å². The summed E-state index contributed by atoms with van der Waals surface area (Å²) >= 11 is 0. The van der Waals surface area contributed by atoms with Gasteiger partial charge in [0.05, 0.1) is 12.0 Å². The molecule has 0 radical (unpaired) electrons. The van der Waals surface area contributed by atoms with E-state index in [-0.39, 0.29) is 19.0 Å². The smallest absolute Gasteiger partial charge is 0.410 e. The Bertz CT molecular complexity index is 298. The number of amides is 1. The standard InChI is InChI=1S/C10H18N2O4/c1-10(2,3)16-9(15)12-5-6(11)4-7(12)8(13)14/h6-7H,4-5,11H2,1-3H3,(H,13,14)/p-1/t6-,7+/m1/s1. The Morgan fingerprint density at radius 3 is 2.44 bits per heavy atom. The monoisotopic (exact) mass is 229 g/mol. The number of nitrogens with zero attached hydrogens (tertiary/aromatic N) is 1. The molecule has 0 aromatic carbocycles. The van der Waals surface area contributed by atoms with Crippen LogP contribution in [0.2, 0.25) is 0 Å². The summed E-state index contributed by atoms with van der Waals surface area (Å²) in [6, 6.07) is -1.32. The highest BCUT2D eigenvalue weighted by molar-refractivity contribution is 5.79. The van der Waals surface area contributed by atoms with Crippen molar-refractivity contribution in [2.45, 2.75) is 44.9 Å². The van der Waals surface area contributed by atoms with Crippen LogP contribution in [0.25, 0.3) is 0 Å². The predicted octanol–water partition coefficient (Wildman–Crippen LogP) is -0.927. The highest BCUT2D eigenvalue weighted by Gasteiger charge is 2.36. The van der Waals surface area contributed by atoms with Crippen LogP contribution in [0, 0.1) is 0 Å². The van der Waals surface area contributed by atoms with Crippen LogP contribution in [0.5, 0.6) is 0 Å². The number of hydrogen-bond donors (Lipinski definition) is 1. The van der Waals surface area contributed by atoms with Crippen molar-refractivity contribution in [1.82, 2.24) is 4.90 Å². The molecular weight excluding hydrogens is 212 g/mol. The summed E-state index contributed by atoms with van der Waals surface area (Å²) in [5, 5.41) is 10.8. The highest BCUT2D eigenvalue weighted by atomic mass is 16.6. The van der Waals surface area contributed by atoms with Crippen molar-refractivity contribution < 1.29 is 19.4 Å². The van der Waals surface area contributed by atoms with Gasteiger partial charge in [0.2, 0.25) is 0 Å². The predicted molar refractivity (Wildman–Crippen MR) is 54.3 cm³/mol. The molecule has 1 rings (SSSR count). The summed E-state index contributed by atoms with van der Waals surface area (Å²) < 4.78 is 5.09. The lowest BCUT2D eigenvalue weighted by atomic mass is 10.2. The minimum absolute atomic E-state index is 0.188. The van der Waals surface area contributed by atoms with Gasteiger partial charge in [0.25, 0.3) is 0 Å². The Morgan fingerprint density at radius 1 is 1.44 bits per heavy atom. The van der Waals surface area contributed by atoms with Gasteiger partial charge in [-0.05, 0) is 27.2 Å². The molecule has 1 fully saturated rings.